The first-order valence-electron chi connectivity index (χ1n) is 9.67. The van der Waals surface area contributed by atoms with Gasteiger partial charge in [-0.05, 0) is 43.6 Å². The van der Waals surface area contributed by atoms with Gasteiger partial charge in [-0.2, -0.15) is 13.2 Å². The summed E-state index contributed by atoms with van der Waals surface area (Å²) in [4.78, 5) is 30.6. The quantitative estimate of drug-likeness (QED) is 0.784. The number of halogens is 3. The molecule has 2 saturated heterocycles. The van der Waals surface area contributed by atoms with Crippen molar-refractivity contribution in [3.63, 3.8) is 0 Å². The lowest BCUT2D eigenvalue weighted by Gasteiger charge is -2.42. The van der Waals surface area contributed by atoms with E-state index in [0.717, 1.165) is 44.6 Å². The molecular weight excluding hydrogens is 371 g/mol. The summed E-state index contributed by atoms with van der Waals surface area (Å²) in [6.07, 6.45) is -2.04. The number of carbonyl (C=O) groups excluding carboxylic acids is 2. The molecule has 0 aromatic heterocycles. The molecule has 1 aromatic rings. The van der Waals surface area contributed by atoms with E-state index >= 15 is 0 Å². The van der Waals surface area contributed by atoms with Gasteiger partial charge in [-0.3, -0.25) is 9.59 Å². The molecule has 5 nitrogen and oxygen atoms in total. The third kappa shape index (κ3) is 5.04. The van der Waals surface area contributed by atoms with Gasteiger partial charge in [0.1, 0.15) is 0 Å². The van der Waals surface area contributed by atoms with Gasteiger partial charge in [0.2, 0.25) is 11.8 Å². The van der Waals surface area contributed by atoms with Crippen LogP contribution >= 0.6 is 0 Å². The van der Waals surface area contributed by atoms with Crippen LogP contribution in [0.25, 0.3) is 0 Å². The second kappa shape index (κ2) is 8.51. The first-order chi connectivity index (χ1) is 13.2. The van der Waals surface area contributed by atoms with Crippen molar-refractivity contribution < 1.29 is 22.8 Å². The first-order valence-corrected chi connectivity index (χ1v) is 9.67. The Bertz CT molecular complexity index is 700. The predicted molar refractivity (Wildman–Crippen MR) is 98.6 cm³/mol. The monoisotopic (exact) mass is 397 g/mol. The van der Waals surface area contributed by atoms with Gasteiger partial charge in [-0.15, -0.1) is 0 Å². The highest BCUT2D eigenvalue weighted by Crippen LogP contribution is 2.29. The molecule has 3 rings (SSSR count). The van der Waals surface area contributed by atoms with Crippen LogP contribution in [-0.4, -0.2) is 71.8 Å². The minimum atomic E-state index is -4.38. The molecule has 28 heavy (non-hydrogen) atoms. The van der Waals surface area contributed by atoms with Crippen LogP contribution in [0.3, 0.4) is 0 Å². The van der Waals surface area contributed by atoms with Crippen LogP contribution in [-0.2, 0) is 22.2 Å². The second-order valence-electron chi connectivity index (χ2n) is 7.59. The number of alkyl halides is 3. The molecule has 1 unspecified atom stereocenters. The zero-order valence-corrected chi connectivity index (χ0v) is 16.0. The molecule has 1 aromatic carbocycles. The lowest BCUT2D eigenvalue weighted by Crippen LogP contribution is -2.59. The van der Waals surface area contributed by atoms with E-state index in [1.807, 2.05) is 0 Å². The molecule has 8 heteroatoms. The number of amides is 2. The zero-order chi connectivity index (χ0) is 20.3. The van der Waals surface area contributed by atoms with Crippen molar-refractivity contribution in [3.8, 4) is 0 Å². The Hall–Kier alpha value is -2.09. The smallest absolute Gasteiger partial charge is 0.339 e. The third-order valence-electron chi connectivity index (χ3n) is 5.55. The Morgan fingerprint density at radius 1 is 1.04 bits per heavy atom. The van der Waals surface area contributed by atoms with Crippen molar-refractivity contribution in [2.45, 2.75) is 38.4 Å². The van der Waals surface area contributed by atoms with Crippen LogP contribution < -0.4 is 0 Å². The number of nitrogens with zero attached hydrogens (tertiary/aromatic N) is 3. The maximum absolute atomic E-state index is 12.9. The molecule has 1 atom stereocenters. The van der Waals surface area contributed by atoms with E-state index in [4.69, 9.17) is 0 Å². The van der Waals surface area contributed by atoms with E-state index < -0.39 is 11.7 Å². The van der Waals surface area contributed by atoms with E-state index in [1.54, 1.807) is 9.80 Å². The fourth-order valence-electron chi connectivity index (χ4n) is 3.98. The Morgan fingerprint density at radius 3 is 2.25 bits per heavy atom. The van der Waals surface area contributed by atoms with Crippen LogP contribution in [0.1, 0.15) is 30.9 Å². The molecule has 154 valence electrons. The van der Waals surface area contributed by atoms with Crippen LogP contribution in [0, 0.1) is 0 Å². The van der Waals surface area contributed by atoms with Crippen molar-refractivity contribution in [1.82, 2.24) is 14.7 Å². The predicted octanol–water partition coefficient (Wildman–Crippen LogP) is 2.40. The van der Waals surface area contributed by atoms with Gasteiger partial charge in [-0.25, -0.2) is 0 Å². The summed E-state index contributed by atoms with van der Waals surface area (Å²) in [6, 6.07) is 4.66. The molecule has 2 fully saturated rings. The highest BCUT2D eigenvalue weighted by molar-refractivity contribution is 5.80. The van der Waals surface area contributed by atoms with Crippen molar-refractivity contribution in [2.24, 2.45) is 0 Å². The largest absolute Gasteiger partial charge is 0.416 e. The Balaban J connectivity index is 1.67. The van der Waals surface area contributed by atoms with Gasteiger partial charge >= 0.3 is 6.18 Å². The van der Waals surface area contributed by atoms with Gasteiger partial charge in [0, 0.05) is 33.1 Å². The van der Waals surface area contributed by atoms with Crippen LogP contribution in [0.5, 0.6) is 0 Å². The number of hydrogen-bond donors (Lipinski definition) is 0. The molecule has 2 aliphatic heterocycles. The number of benzene rings is 1. The first kappa shape index (κ1) is 20.6. The summed E-state index contributed by atoms with van der Waals surface area (Å²) in [6.45, 7) is 5.71. The Morgan fingerprint density at radius 2 is 1.68 bits per heavy atom. The van der Waals surface area contributed by atoms with Crippen LogP contribution in [0.2, 0.25) is 0 Å². The van der Waals surface area contributed by atoms with Gasteiger partial charge in [0.05, 0.1) is 18.0 Å². The van der Waals surface area contributed by atoms with Gasteiger partial charge < -0.3 is 14.7 Å². The molecule has 0 spiro atoms. The second-order valence-corrected chi connectivity index (χ2v) is 7.59. The number of hydrogen-bond acceptors (Lipinski definition) is 3. The summed E-state index contributed by atoms with van der Waals surface area (Å²) in [7, 11) is 0. The average molecular weight is 397 g/mol. The third-order valence-corrected chi connectivity index (χ3v) is 5.55. The summed E-state index contributed by atoms with van der Waals surface area (Å²) < 4.78 is 38.1. The zero-order valence-electron chi connectivity index (χ0n) is 16.0. The fraction of sp³-hybridized carbons (Fsp3) is 0.600. The SMILES string of the molecule is CC(=O)N1CCN(C(=O)Cc2ccc(C(F)(F)F)cc2)C(CN2CCCC2)C1. The minimum Gasteiger partial charge on any atom is -0.339 e. The van der Waals surface area contributed by atoms with E-state index in [-0.39, 0.29) is 24.3 Å². The molecule has 0 saturated carbocycles. The van der Waals surface area contributed by atoms with Crippen molar-refractivity contribution in [1.29, 1.82) is 0 Å². The fourth-order valence-corrected chi connectivity index (χ4v) is 3.98. The Kier molecular flexibility index (Phi) is 6.27. The van der Waals surface area contributed by atoms with Crippen molar-refractivity contribution >= 4 is 11.8 Å². The van der Waals surface area contributed by atoms with E-state index in [2.05, 4.69) is 4.90 Å². The highest BCUT2D eigenvalue weighted by Gasteiger charge is 2.33. The van der Waals surface area contributed by atoms with Crippen molar-refractivity contribution in [3.05, 3.63) is 35.4 Å². The topological polar surface area (TPSA) is 43.9 Å². The summed E-state index contributed by atoms with van der Waals surface area (Å²) in [5.41, 5.74) is -0.155. The maximum atomic E-state index is 12.9. The lowest BCUT2D eigenvalue weighted by molar-refractivity contribution is -0.142. The molecule has 0 radical (unpaired) electrons. The average Bonchev–Trinajstić information content (AvgIpc) is 3.14. The molecular formula is C20H26F3N3O2. The van der Waals surface area contributed by atoms with E-state index in [0.29, 0.717) is 25.2 Å². The number of piperazine rings is 1. The van der Waals surface area contributed by atoms with Gasteiger partial charge in [-0.1, -0.05) is 12.1 Å². The number of rotatable bonds is 4. The maximum Gasteiger partial charge on any atom is 0.416 e. The van der Waals surface area contributed by atoms with Crippen LogP contribution in [0.15, 0.2) is 24.3 Å². The molecule has 0 N–H and O–H groups in total. The summed E-state index contributed by atoms with van der Waals surface area (Å²) in [5, 5.41) is 0. The summed E-state index contributed by atoms with van der Waals surface area (Å²) in [5.74, 6) is -0.103. The molecule has 0 bridgehead atoms. The number of carbonyl (C=O) groups is 2. The molecule has 2 amide bonds. The van der Waals surface area contributed by atoms with Crippen LogP contribution in [0.4, 0.5) is 13.2 Å². The standard InChI is InChI=1S/C20H26F3N3O2/c1-15(27)25-10-11-26(18(14-25)13-24-8-2-3-9-24)19(28)12-16-4-6-17(7-5-16)20(21,22)23/h4-7,18H,2-3,8-14H2,1H3. The Labute approximate surface area is 163 Å². The van der Waals surface area contributed by atoms with Crippen molar-refractivity contribution in [2.75, 3.05) is 39.3 Å². The highest BCUT2D eigenvalue weighted by atomic mass is 19.4. The molecule has 2 heterocycles. The normalized spacial score (nSPS) is 21.2. The summed E-state index contributed by atoms with van der Waals surface area (Å²) >= 11 is 0. The van der Waals surface area contributed by atoms with Gasteiger partial charge in [0.25, 0.3) is 0 Å². The van der Waals surface area contributed by atoms with Gasteiger partial charge in [0.15, 0.2) is 0 Å². The lowest BCUT2D eigenvalue weighted by atomic mass is 10.1. The van der Waals surface area contributed by atoms with E-state index in [9.17, 15) is 22.8 Å². The number of likely N-dealkylation sites (tertiary alicyclic amines) is 1. The van der Waals surface area contributed by atoms with E-state index in [1.165, 1.54) is 19.1 Å². The minimum absolute atomic E-state index is 0.00117. The molecule has 2 aliphatic rings. The molecule has 0 aliphatic carbocycles.